The smallest absolute Gasteiger partial charge is 0.331 e. The Morgan fingerprint density at radius 3 is 3.14 bits per heavy atom. The lowest BCUT2D eigenvalue weighted by Crippen LogP contribution is -2.05. The summed E-state index contributed by atoms with van der Waals surface area (Å²) in [6, 6.07) is 0. The van der Waals surface area contributed by atoms with Gasteiger partial charge in [-0.25, -0.2) is 9.78 Å². The van der Waals surface area contributed by atoms with Crippen LogP contribution in [0.25, 0.3) is 0 Å². The number of hydrogen-bond donors (Lipinski definition) is 1. The average Bonchev–Trinajstić information content (AvgIpc) is 2.58. The SMILES string of the molecule is COC(=O)/C=C/NCc1nc(C)cs1. The van der Waals surface area contributed by atoms with Gasteiger partial charge < -0.3 is 10.1 Å². The van der Waals surface area contributed by atoms with Gasteiger partial charge in [-0.3, -0.25) is 0 Å². The van der Waals surface area contributed by atoms with Crippen LogP contribution in [-0.4, -0.2) is 18.1 Å². The first kappa shape index (κ1) is 10.7. The predicted octanol–water partition coefficient (Wildman–Crippen LogP) is 1.23. The number of hydrogen-bond acceptors (Lipinski definition) is 5. The summed E-state index contributed by atoms with van der Waals surface area (Å²) in [6.07, 6.45) is 2.89. The standard InChI is InChI=1S/C9H12N2O2S/c1-7-6-14-8(11-7)5-10-4-3-9(12)13-2/h3-4,6,10H,5H2,1-2H3/b4-3+. The first-order chi connectivity index (χ1) is 6.72. The van der Waals surface area contributed by atoms with E-state index in [0.717, 1.165) is 10.7 Å². The Kier molecular flexibility index (Phi) is 4.12. The molecule has 0 aliphatic carbocycles. The van der Waals surface area contributed by atoms with Crippen LogP contribution in [0, 0.1) is 6.92 Å². The normalized spacial score (nSPS) is 10.4. The molecule has 0 spiro atoms. The molecule has 1 aromatic heterocycles. The van der Waals surface area contributed by atoms with Crippen molar-refractivity contribution >= 4 is 17.3 Å². The van der Waals surface area contributed by atoms with Crippen molar-refractivity contribution in [1.82, 2.24) is 10.3 Å². The minimum absolute atomic E-state index is 0.368. The summed E-state index contributed by atoms with van der Waals surface area (Å²) < 4.78 is 4.43. The average molecular weight is 212 g/mol. The monoisotopic (exact) mass is 212 g/mol. The van der Waals surface area contributed by atoms with Crippen molar-refractivity contribution in [3.05, 3.63) is 28.4 Å². The number of esters is 1. The van der Waals surface area contributed by atoms with E-state index < -0.39 is 0 Å². The summed E-state index contributed by atoms with van der Waals surface area (Å²) in [5.41, 5.74) is 1.02. The lowest BCUT2D eigenvalue weighted by atomic mass is 10.5. The van der Waals surface area contributed by atoms with E-state index in [-0.39, 0.29) is 5.97 Å². The van der Waals surface area contributed by atoms with Gasteiger partial charge in [-0.2, -0.15) is 0 Å². The topological polar surface area (TPSA) is 51.2 Å². The minimum atomic E-state index is -0.368. The van der Waals surface area contributed by atoms with Crippen molar-refractivity contribution in [2.75, 3.05) is 7.11 Å². The molecule has 0 aliphatic heterocycles. The third-order valence-electron chi connectivity index (χ3n) is 1.46. The van der Waals surface area contributed by atoms with Gasteiger partial charge >= 0.3 is 5.97 Å². The molecule has 0 atom stereocenters. The highest BCUT2D eigenvalue weighted by Crippen LogP contribution is 2.07. The number of rotatable bonds is 4. The molecule has 1 N–H and O–H groups in total. The van der Waals surface area contributed by atoms with E-state index in [9.17, 15) is 4.79 Å². The molecule has 0 unspecified atom stereocenters. The zero-order valence-corrected chi connectivity index (χ0v) is 8.93. The summed E-state index contributed by atoms with van der Waals surface area (Å²) in [5, 5.41) is 5.93. The summed E-state index contributed by atoms with van der Waals surface area (Å²) in [4.78, 5) is 14.9. The molecular formula is C9H12N2O2S. The molecule has 0 saturated carbocycles. The van der Waals surface area contributed by atoms with E-state index in [1.54, 1.807) is 17.5 Å². The number of carbonyl (C=O) groups excluding carboxylic acids is 1. The van der Waals surface area contributed by atoms with E-state index in [1.807, 2.05) is 12.3 Å². The highest BCUT2D eigenvalue weighted by Gasteiger charge is 1.95. The van der Waals surface area contributed by atoms with E-state index in [0.29, 0.717) is 6.54 Å². The summed E-state index contributed by atoms with van der Waals surface area (Å²) in [6.45, 7) is 2.58. The molecule has 0 bridgehead atoms. The van der Waals surface area contributed by atoms with Gasteiger partial charge in [-0.05, 0) is 6.92 Å². The molecule has 76 valence electrons. The first-order valence-electron chi connectivity index (χ1n) is 4.11. The van der Waals surface area contributed by atoms with E-state index in [2.05, 4.69) is 15.0 Å². The number of methoxy groups -OCH3 is 1. The second-order valence-corrected chi connectivity index (χ2v) is 3.56. The molecule has 0 aliphatic rings. The number of aryl methyl sites for hydroxylation is 1. The molecule has 5 heteroatoms. The van der Waals surface area contributed by atoms with Gasteiger partial charge in [0.25, 0.3) is 0 Å². The first-order valence-corrected chi connectivity index (χ1v) is 4.99. The van der Waals surface area contributed by atoms with Crippen molar-refractivity contribution in [3.63, 3.8) is 0 Å². The van der Waals surface area contributed by atoms with Crippen LogP contribution in [0.4, 0.5) is 0 Å². The van der Waals surface area contributed by atoms with Crippen LogP contribution in [0.3, 0.4) is 0 Å². The fourth-order valence-electron chi connectivity index (χ4n) is 0.825. The van der Waals surface area contributed by atoms with Crippen molar-refractivity contribution < 1.29 is 9.53 Å². The van der Waals surface area contributed by atoms with Crippen molar-refractivity contribution in [3.8, 4) is 0 Å². The Labute approximate surface area is 86.6 Å². The number of nitrogens with zero attached hydrogens (tertiary/aromatic N) is 1. The molecular weight excluding hydrogens is 200 g/mol. The molecule has 1 rings (SSSR count). The molecule has 1 heterocycles. The van der Waals surface area contributed by atoms with Gasteiger partial charge in [0.15, 0.2) is 0 Å². The quantitative estimate of drug-likeness (QED) is 0.602. The van der Waals surface area contributed by atoms with Crippen LogP contribution in [0.5, 0.6) is 0 Å². The summed E-state index contributed by atoms with van der Waals surface area (Å²) >= 11 is 1.59. The maximum absolute atomic E-state index is 10.7. The van der Waals surface area contributed by atoms with Crippen molar-refractivity contribution in [1.29, 1.82) is 0 Å². The van der Waals surface area contributed by atoms with E-state index in [1.165, 1.54) is 13.2 Å². The molecule has 0 amide bonds. The fraction of sp³-hybridized carbons (Fsp3) is 0.333. The van der Waals surface area contributed by atoms with Crippen LogP contribution in [-0.2, 0) is 16.1 Å². The van der Waals surface area contributed by atoms with Crippen LogP contribution >= 0.6 is 11.3 Å². The molecule has 0 fully saturated rings. The maximum Gasteiger partial charge on any atom is 0.331 e. The maximum atomic E-state index is 10.7. The lowest BCUT2D eigenvalue weighted by molar-refractivity contribution is -0.134. The zero-order chi connectivity index (χ0) is 10.4. The second-order valence-electron chi connectivity index (χ2n) is 2.62. The Hall–Kier alpha value is -1.36. The minimum Gasteiger partial charge on any atom is -0.466 e. The van der Waals surface area contributed by atoms with E-state index >= 15 is 0 Å². The van der Waals surface area contributed by atoms with Crippen LogP contribution in [0.15, 0.2) is 17.7 Å². The number of thiazole rings is 1. The lowest BCUT2D eigenvalue weighted by Gasteiger charge is -1.95. The molecule has 14 heavy (non-hydrogen) atoms. The Balaban J connectivity index is 2.28. The molecule has 0 aromatic carbocycles. The number of ether oxygens (including phenoxy) is 1. The molecule has 4 nitrogen and oxygen atoms in total. The number of nitrogens with one attached hydrogen (secondary N) is 1. The van der Waals surface area contributed by atoms with Gasteiger partial charge in [0, 0.05) is 23.3 Å². The largest absolute Gasteiger partial charge is 0.466 e. The Morgan fingerprint density at radius 2 is 2.57 bits per heavy atom. The van der Waals surface area contributed by atoms with Crippen molar-refractivity contribution in [2.45, 2.75) is 13.5 Å². The highest BCUT2D eigenvalue weighted by molar-refractivity contribution is 7.09. The Morgan fingerprint density at radius 1 is 1.79 bits per heavy atom. The van der Waals surface area contributed by atoms with Gasteiger partial charge in [0.1, 0.15) is 5.01 Å². The van der Waals surface area contributed by atoms with Crippen LogP contribution < -0.4 is 5.32 Å². The second kappa shape index (κ2) is 5.39. The number of aromatic nitrogens is 1. The predicted molar refractivity (Wildman–Crippen MR) is 54.8 cm³/mol. The molecule has 0 radical (unpaired) electrons. The van der Waals surface area contributed by atoms with Crippen LogP contribution in [0.2, 0.25) is 0 Å². The molecule has 1 aromatic rings. The third kappa shape index (κ3) is 3.57. The summed E-state index contributed by atoms with van der Waals surface area (Å²) in [5.74, 6) is -0.368. The van der Waals surface area contributed by atoms with Gasteiger partial charge in [-0.1, -0.05) is 0 Å². The van der Waals surface area contributed by atoms with Crippen LogP contribution in [0.1, 0.15) is 10.7 Å². The van der Waals surface area contributed by atoms with Crippen molar-refractivity contribution in [2.24, 2.45) is 0 Å². The summed E-state index contributed by atoms with van der Waals surface area (Å²) in [7, 11) is 1.34. The Bertz CT molecular complexity index is 333. The molecule has 0 saturated heterocycles. The number of carbonyl (C=O) groups is 1. The van der Waals surface area contributed by atoms with Gasteiger partial charge in [-0.15, -0.1) is 11.3 Å². The van der Waals surface area contributed by atoms with Gasteiger partial charge in [0.2, 0.25) is 0 Å². The van der Waals surface area contributed by atoms with Gasteiger partial charge in [0.05, 0.1) is 13.7 Å². The fourth-order valence-corrected chi connectivity index (χ4v) is 1.55. The third-order valence-corrected chi connectivity index (χ3v) is 2.42. The highest BCUT2D eigenvalue weighted by atomic mass is 32.1. The zero-order valence-electron chi connectivity index (χ0n) is 8.11. The van der Waals surface area contributed by atoms with E-state index in [4.69, 9.17) is 0 Å².